The summed E-state index contributed by atoms with van der Waals surface area (Å²) in [5, 5.41) is 24.0. The Balaban J connectivity index is 1.61. The number of carbonyl (C=O) groups is 2. The quantitative estimate of drug-likeness (QED) is 0.648. The molecule has 0 unspecified atom stereocenters. The number of anilines is 1. The van der Waals surface area contributed by atoms with Crippen LogP contribution in [0.25, 0.3) is 0 Å². The minimum Gasteiger partial charge on any atom is -0.481 e. The molecule has 1 amide bonds. The van der Waals surface area contributed by atoms with Gasteiger partial charge < -0.3 is 10.4 Å². The molecule has 0 atom stereocenters. The van der Waals surface area contributed by atoms with Gasteiger partial charge in [0.25, 0.3) is 5.91 Å². The number of rotatable bonds is 7. The number of nitrogens with one attached hydrogen (secondary N) is 1. The van der Waals surface area contributed by atoms with Gasteiger partial charge in [0.05, 0.1) is 37.1 Å². The summed E-state index contributed by atoms with van der Waals surface area (Å²) in [6, 6.07) is 1.54. The lowest BCUT2D eigenvalue weighted by atomic mass is 10.3. The lowest BCUT2D eigenvalue weighted by Crippen LogP contribution is -2.13. The third kappa shape index (κ3) is 4.15. The van der Waals surface area contributed by atoms with E-state index in [2.05, 4.69) is 20.6 Å². The predicted molar refractivity (Wildman–Crippen MR) is 91.7 cm³/mol. The number of nitrogens with zero attached hydrogens (tertiary/aromatic N) is 6. The summed E-state index contributed by atoms with van der Waals surface area (Å²) in [7, 11) is 1.86. The number of aliphatic carboxylic acids is 1. The number of carbonyl (C=O) groups excluding carboxylic acids is 1. The van der Waals surface area contributed by atoms with Crippen LogP contribution in [0.5, 0.6) is 0 Å². The molecule has 2 N–H and O–H groups in total. The normalized spacial score (nSPS) is 10.8. The number of amides is 1. The van der Waals surface area contributed by atoms with Crippen LogP contribution >= 0.6 is 0 Å². The monoisotopic (exact) mass is 357 g/mol. The Morgan fingerprint density at radius 3 is 2.73 bits per heavy atom. The molecule has 0 saturated carbocycles. The molecule has 0 aliphatic carbocycles. The molecule has 26 heavy (non-hydrogen) atoms. The average Bonchev–Trinajstić information content (AvgIpc) is 3.27. The molecular formula is C16H19N7O3. The van der Waals surface area contributed by atoms with Crippen molar-refractivity contribution in [2.45, 2.75) is 26.4 Å². The van der Waals surface area contributed by atoms with E-state index in [0.717, 1.165) is 11.3 Å². The van der Waals surface area contributed by atoms with Crippen LogP contribution in [0, 0.1) is 6.92 Å². The topological polar surface area (TPSA) is 120 Å². The number of carboxylic acid groups (broad SMARTS) is 1. The lowest BCUT2D eigenvalue weighted by Gasteiger charge is -2.01. The molecule has 0 fully saturated rings. The van der Waals surface area contributed by atoms with Gasteiger partial charge in [0.2, 0.25) is 0 Å². The van der Waals surface area contributed by atoms with E-state index in [9.17, 15) is 9.59 Å². The summed E-state index contributed by atoms with van der Waals surface area (Å²) in [5.74, 6) is -1.29. The maximum absolute atomic E-state index is 12.2. The zero-order chi connectivity index (χ0) is 18.7. The minimum absolute atomic E-state index is 0.0523. The molecule has 0 bridgehead atoms. The van der Waals surface area contributed by atoms with Crippen molar-refractivity contribution >= 4 is 17.6 Å². The van der Waals surface area contributed by atoms with Crippen LogP contribution in [0.15, 0.2) is 30.9 Å². The smallest absolute Gasteiger partial charge is 0.305 e. The molecule has 0 aliphatic rings. The van der Waals surface area contributed by atoms with Crippen molar-refractivity contribution in [1.82, 2.24) is 29.3 Å². The standard InChI is InChI=1S/C16H19N7O3/c1-11-12(8-21(2)19-11)9-23-10-13(7-17-23)18-16(26)14-3-5-22(20-14)6-4-15(24)25/h3,5,7-8,10H,4,6,9H2,1-2H3,(H,18,26)(H,24,25). The van der Waals surface area contributed by atoms with E-state index >= 15 is 0 Å². The Morgan fingerprint density at radius 1 is 1.23 bits per heavy atom. The van der Waals surface area contributed by atoms with E-state index in [-0.39, 0.29) is 24.6 Å². The van der Waals surface area contributed by atoms with Crippen molar-refractivity contribution in [2.75, 3.05) is 5.32 Å². The molecule has 10 heteroatoms. The fourth-order valence-corrected chi connectivity index (χ4v) is 2.51. The molecule has 3 heterocycles. The van der Waals surface area contributed by atoms with Crippen LogP contribution in [0.1, 0.15) is 28.2 Å². The van der Waals surface area contributed by atoms with Gasteiger partial charge >= 0.3 is 5.97 Å². The van der Waals surface area contributed by atoms with E-state index in [1.807, 2.05) is 20.2 Å². The summed E-state index contributed by atoms with van der Waals surface area (Å²) in [6.07, 6.45) is 6.74. The number of carboxylic acids is 1. The number of aryl methyl sites for hydroxylation is 3. The maximum Gasteiger partial charge on any atom is 0.305 e. The molecule has 0 aromatic carbocycles. The van der Waals surface area contributed by atoms with Crippen molar-refractivity contribution in [1.29, 1.82) is 0 Å². The fourth-order valence-electron chi connectivity index (χ4n) is 2.51. The summed E-state index contributed by atoms with van der Waals surface area (Å²) in [4.78, 5) is 22.8. The Hall–Kier alpha value is -3.43. The summed E-state index contributed by atoms with van der Waals surface area (Å²) in [6.45, 7) is 2.70. The summed E-state index contributed by atoms with van der Waals surface area (Å²) in [5.41, 5.74) is 2.74. The van der Waals surface area contributed by atoms with Gasteiger partial charge in [0.1, 0.15) is 0 Å². The van der Waals surface area contributed by atoms with Crippen molar-refractivity contribution in [3.05, 3.63) is 47.8 Å². The van der Waals surface area contributed by atoms with Crippen LogP contribution in [-0.4, -0.2) is 46.3 Å². The van der Waals surface area contributed by atoms with Gasteiger partial charge in [-0.05, 0) is 13.0 Å². The molecule has 3 rings (SSSR count). The van der Waals surface area contributed by atoms with E-state index in [4.69, 9.17) is 5.11 Å². The first kappa shape index (κ1) is 17.4. The Morgan fingerprint density at radius 2 is 2.04 bits per heavy atom. The molecule has 10 nitrogen and oxygen atoms in total. The zero-order valence-corrected chi connectivity index (χ0v) is 14.5. The van der Waals surface area contributed by atoms with Crippen LogP contribution < -0.4 is 5.32 Å². The Bertz CT molecular complexity index is 937. The third-order valence-electron chi connectivity index (χ3n) is 3.77. The Kier molecular flexibility index (Phi) is 4.83. The molecule has 3 aromatic rings. The van der Waals surface area contributed by atoms with Gasteiger partial charge in [-0.1, -0.05) is 0 Å². The molecule has 0 radical (unpaired) electrons. The maximum atomic E-state index is 12.2. The summed E-state index contributed by atoms with van der Waals surface area (Å²) < 4.78 is 4.89. The van der Waals surface area contributed by atoms with Gasteiger partial charge in [-0.25, -0.2) is 0 Å². The number of aromatic nitrogens is 6. The second kappa shape index (κ2) is 7.21. The van der Waals surface area contributed by atoms with Crippen molar-refractivity contribution in [3.63, 3.8) is 0 Å². The van der Waals surface area contributed by atoms with Gasteiger partial charge in [0.15, 0.2) is 5.69 Å². The highest BCUT2D eigenvalue weighted by Gasteiger charge is 2.12. The van der Waals surface area contributed by atoms with E-state index in [0.29, 0.717) is 12.2 Å². The molecule has 0 spiro atoms. The van der Waals surface area contributed by atoms with Crippen molar-refractivity contribution in [2.24, 2.45) is 7.05 Å². The first-order valence-corrected chi connectivity index (χ1v) is 7.99. The first-order chi connectivity index (χ1) is 12.4. The molecule has 0 aliphatic heterocycles. The highest BCUT2D eigenvalue weighted by Crippen LogP contribution is 2.11. The SMILES string of the molecule is Cc1nn(C)cc1Cn1cc(NC(=O)c2ccn(CCC(=O)O)n2)cn1. The van der Waals surface area contributed by atoms with Gasteiger partial charge in [-0.15, -0.1) is 0 Å². The van der Waals surface area contributed by atoms with Gasteiger partial charge in [0, 0.05) is 31.2 Å². The highest BCUT2D eigenvalue weighted by molar-refractivity contribution is 6.02. The van der Waals surface area contributed by atoms with E-state index in [1.165, 1.54) is 4.68 Å². The minimum atomic E-state index is -0.914. The Labute approximate surface area is 149 Å². The first-order valence-electron chi connectivity index (χ1n) is 7.99. The van der Waals surface area contributed by atoms with Crippen LogP contribution in [0.3, 0.4) is 0 Å². The van der Waals surface area contributed by atoms with Crippen molar-refractivity contribution in [3.8, 4) is 0 Å². The van der Waals surface area contributed by atoms with E-state index in [1.54, 1.807) is 34.0 Å². The third-order valence-corrected chi connectivity index (χ3v) is 3.77. The summed E-state index contributed by atoms with van der Waals surface area (Å²) >= 11 is 0. The number of hydrogen-bond acceptors (Lipinski definition) is 5. The highest BCUT2D eigenvalue weighted by atomic mass is 16.4. The molecule has 136 valence electrons. The van der Waals surface area contributed by atoms with E-state index < -0.39 is 5.97 Å². The predicted octanol–water partition coefficient (Wildman–Crippen LogP) is 0.897. The van der Waals surface area contributed by atoms with Crippen LogP contribution in [0.4, 0.5) is 5.69 Å². The molecular weight excluding hydrogens is 338 g/mol. The zero-order valence-electron chi connectivity index (χ0n) is 14.5. The second-order valence-electron chi connectivity index (χ2n) is 5.90. The van der Waals surface area contributed by atoms with Gasteiger partial charge in [-0.2, -0.15) is 15.3 Å². The average molecular weight is 357 g/mol. The van der Waals surface area contributed by atoms with Crippen LogP contribution in [-0.2, 0) is 24.9 Å². The largest absolute Gasteiger partial charge is 0.481 e. The van der Waals surface area contributed by atoms with Crippen molar-refractivity contribution < 1.29 is 14.7 Å². The lowest BCUT2D eigenvalue weighted by molar-refractivity contribution is -0.137. The molecule has 0 saturated heterocycles. The fraction of sp³-hybridized carbons (Fsp3) is 0.312. The molecule has 3 aromatic heterocycles. The van der Waals surface area contributed by atoms with Gasteiger partial charge in [-0.3, -0.25) is 23.6 Å². The second-order valence-corrected chi connectivity index (χ2v) is 5.90. The van der Waals surface area contributed by atoms with Crippen LogP contribution in [0.2, 0.25) is 0 Å². The number of hydrogen-bond donors (Lipinski definition) is 2.